The third-order valence-electron chi connectivity index (χ3n) is 2.98. The summed E-state index contributed by atoms with van der Waals surface area (Å²) in [4.78, 5) is 4.33. The van der Waals surface area contributed by atoms with Crippen LogP contribution in [0.1, 0.15) is 11.5 Å². The molecular weight excluding hydrogens is 254 g/mol. The average molecular weight is 269 g/mol. The Bertz CT molecular complexity index is 673. The average Bonchev–Trinajstić information content (AvgIpc) is 3.09. The monoisotopic (exact) mass is 269 g/mol. The number of anilines is 1. The number of aryl methyl sites for hydroxylation is 1. The van der Waals surface area contributed by atoms with E-state index in [0.29, 0.717) is 23.9 Å². The Balaban J connectivity index is 1.59. The van der Waals surface area contributed by atoms with Crippen molar-refractivity contribution in [2.75, 3.05) is 11.9 Å². The Hall–Kier alpha value is -2.56. The topological polar surface area (TPSA) is 64.1 Å². The molecule has 0 amide bonds. The zero-order valence-corrected chi connectivity index (χ0v) is 11.2. The zero-order valence-electron chi connectivity index (χ0n) is 11.2. The van der Waals surface area contributed by atoms with E-state index in [-0.39, 0.29) is 0 Å². The lowest BCUT2D eigenvalue weighted by molar-refractivity contribution is 0.380. The van der Waals surface area contributed by atoms with Crippen LogP contribution in [-0.2, 0) is 6.42 Å². The highest BCUT2D eigenvalue weighted by atomic mass is 16.5. The van der Waals surface area contributed by atoms with Crippen LogP contribution in [0.15, 0.2) is 51.6 Å². The highest BCUT2D eigenvalue weighted by Crippen LogP contribution is 2.21. The number of hydrogen-bond acceptors (Lipinski definition) is 5. The summed E-state index contributed by atoms with van der Waals surface area (Å²) in [6.45, 7) is 2.69. The Morgan fingerprint density at radius 1 is 1.15 bits per heavy atom. The Morgan fingerprint density at radius 3 is 2.75 bits per heavy atom. The number of nitrogens with one attached hydrogen (secondary N) is 1. The number of rotatable bonds is 5. The maximum atomic E-state index is 5.34. The quantitative estimate of drug-likeness (QED) is 0.770. The molecule has 3 aromatic rings. The first-order chi connectivity index (χ1) is 9.83. The summed E-state index contributed by atoms with van der Waals surface area (Å²) >= 11 is 0. The van der Waals surface area contributed by atoms with E-state index < -0.39 is 0 Å². The highest BCUT2D eigenvalue weighted by Gasteiger charge is 2.13. The zero-order chi connectivity index (χ0) is 13.8. The van der Waals surface area contributed by atoms with E-state index in [0.717, 1.165) is 17.8 Å². The molecule has 20 heavy (non-hydrogen) atoms. The van der Waals surface area contributed by atoms with Gasteiger partial charge in [-0.25, -0.2) is 0 Å². The van der Waals surface area contributed by atoms with Gasteiger partial charge >= 0.3 is 0 Å². The molecule has 0 aliphatic rings. The van der Waals surface area contributed by atoms with Gasteiger partial charge in [0.2, 0.25) is 11.7 Å². The Kier molecular flexibility index (Phi) is 3.50. The minimum atomic E-state index is 0.502. The molecule has 102 valence electrons. The summed E-state index contributed by atoms with van der Waals surface area (Å²) in [6.07, 6.45) is 2.29. The molecule has 0 bridgehead atoms. The van der Waals surface area contributed by atoms with Gasteiger partial charge in [0.1, 0.15) is 0 Å². The highest BCUT2D eigenvalue weighted by molar-refractivity contribution is 5.51. The molecule has 0 aliphatic carbocycles. The fraction of sp³-hybridized carbons (Fsp3) is 0.200. The molecule has 0 aliphatic heterocycles. The molecule has 2 aromatic heterocycles. The molecule has 2 heterocycles. The number of benzene rings is 1. The molecule has 0 radical (unpaired) electrons. The van der Waals surface area contributed by atoms with Crippen molar-refractivity contribution in [2.45, 2.75) is 13.3 Å². The molecule has 0 saturated carbocycles. The molecule has 1 N–H and O–H groups in total. The fourth-order valence-corrected chi connectivity index (χ4v) is 1.92. The standard InChI is InChI=1S/C15H15N3O2/c1-11-8-10-19-14(11)15-17-13(20-18-15)7-9-16-12-5-3-2-4-6-12/h2-6,8,10,16H,7,9H2,1H3. The van der Waals surface area contributed by atoms with Crippen molar-refractivity contribution in [2.24, 2.45) is 0 Å². The van der Waals surface area contributed by atoms with E-state index in [2.05, 4.69) is 15.5 Å². The van der Waals surface area contributed by atoms with Crippen LogP contribution in [0.4, 0.5) is 5.69 Å². The maximum Gasteiger partial charge on any atom is 0.238 e. The van der Waals surface area contributed by atoms with Gasteiger partial charge in [-0.05, 0) is 30.7 Å². The van der Waals surface area contributed by atoms with Gasteiger partial charge in [-0.3, -0.25) is 0 Å². The molecule has 0 spiro atoms. The normalized spacial score (nSPS) is 10.7. The van der Waals surface area contributed by atoms with Crippen molar-refractivity contribution in [3.63, 3.8) is 0 Å². The third-order valence-corrected chi connectivity index (χ3v) is 2.98. The second kappa shape index (κ2) is 5.61. The smallest absolute Gasteiger partial charge is 0.238 e. The van der Waals surface area contributed by atoms with E-state index in [9.17, 15) is 0 Å². The predicted molar refractivity (Wildman–Crippen MR) is 75.4 cm³/mol. The molecule has 1 aromatic carbocycles. The summed E-state index contributed by atoms with van der Waals surface area (Å²) in [5.74, 6) is 1.76. The SMILES string of the molecule is Cc1ccoc1-c1noc(CCNc2ccccc2)n1. The molecule has 0 saturated heterocycles. The van der Waals surface area contributed by atoms with Crippen molar-refractivity contribution >= 4 is 5.69 Å². The molecule has 5 heteroatoms. The van der Waals surface area contributed by atoms with E-state index in [1.54, 1.807) is 6.26 Å². The molecule has 0 unspecified atom stereocenters. The number of aromatic nitrogens is 2. The van der Waals surface area contributed by atoms with Crippen LogP contribution in [0, 0.1) is 6.92 Å². The lowest BCUT2D eigenvalue weighted by Gasteiger charge is -2.02. The van der Waals surface area contributed by atoms with Crippen LogP contribution < -0.4 is 5.32 Å². The molecule has 3 rings (SSSR count). The van der Waals surface area contributed by atoms with Gasteiger partial charge in [-0.2, -0.15) is 4.98 Å². The van der Waals surface area contributed by atoms with Gasteiger partial charge in [0.05, 0.1) is 6.26 Å². The maximum absolute atomic E-state index is 5.34. The Morgan fingerprint density at radius 2 is 2.00 bits per heavy atom. The third kappa shape index (κ3) is 2.71. The minimum Gasteiger partial charge on any atom is -0.461 e. The van der Waals surface area contributed by atoms with Crippen LogP contribution in [-0.4, -0.2) is 16.7 Å². The van der Waals surface area contributed by atoms with Crippen molar-refractivity contribution < 1.29 is 8.94 Å². The van der Waals surface area contributed by atoms with E-state index in [1.807, 2.05) is 43.3 Å². The van der Waals surface area contributed by atoms with Crippen molar-refractivity contribution in [1.29, 1.82) is 0 Å². The number of para-hydroxylation sites is 1. The van der Waals surface area contributed by atoms with E-state index in [1.165, 1.54) is 0 Å². The van der Waals surface area contributed by atoms with Crippen molar-refractivity contribution in [3.05, 3.63) is 54.1 Å². The van der Waals surface area contributed by atoms with Crippen molar-refractivity contribution in [3.8, 4) is 11.6 Å². The largest absolute Gasteiger partial charge is 0.461 e. The number of furan rings is 1. The Labute approximate surface area is 116 Å². The lowest BCUT2D eigenvalue weighted by atomic mass is 10.3. The van der Waals surface area contributed by atoms with Crippen LogP contribution in [0.3, 0.4) is 0 Å². The van der Waals surface area contributed by atoms with Gasteiger partial charge < -0.3 is 14.3 Å². The molecule has 5 nitrogen and oxygen atoms in total. The van der Waals surface area contributed by atoms with Crippen molar-refractivity contribution in [1.82, 2.24) is 10.1 Å². The predicted octanol–water partition coefficient (Wildman–Crippen LogP) is 3.29. The lowest BCUT2D eigenvalue weighted by Crippen LogP contribution is -2.04. The summed E-state index contributed by atoms with van der Waals surface area (Å²) in [7, 11) is 0. The summed E-state index contributed by atoms with van der Waals surface area (Å²) in [5.41, 5.74) is 2.08. The van der Waals surface area contributed by atoms with Gasteiger partial charge in [0, 0.05) is 18.7 Å². The molecular formula is C15H15N3O2. The summed E-state index contributed by atoms with van der Waals surface area (Å²) in [5, 5.41) is 7.23. The number of hydrogen-bond donors (Lipinski definition) is 1. The molecule has 0 fully saturated rings. The van der Waals surface area contributed by atoms with Gasteiger partial charge in [0.25, 0.3) is 0 Å². The second-order valence-electron chi connectivity index (χ2n) is 4.49. The van der Waals surface area contributed by atoms with Crippen LogP contribution >= 0.6 is 0 Å². The van der Waals surface area contributed by atoms with Crippen LogP contribution in [0.5, 0.6) is 0 Å². The summed E-state index contributed by atoms with van der Waals surface area (Å²) in [6, 6.07) is 11.9. The summed E-state index contributed by atoms with van der Waals surface area (Å²) < 4.78 is 10.6. The first kappa shape index (κ1) is 12.5. The first-order valence-electron chi connectivity index (χ1n) is 6.49. The van der Waals surface area contributed by atoms with Crippen LogP contribution in [0.25, 0.3) is 11.6 Å². The minimum absolute atomic E-state index is 0.502. The van der Waals surface area contributed by atoms with Gasteiger partial charge in [-0.1, -0.05) is 23.4 Å². The number of nitrogens with zero attached hydrogens (tertiary/aromatic N) is 2. The van der Waals surface area contributed by atoms with E-state index in [4.69, 9.17) is 8.94 Å². The molecule has 0 atom stereocenters. The first-order valence-corrected chi connectivity index (χ1v) is 6.49. The van der Waals surface area contributed by atoms with Gasteiger partial charge in [0.15, 0.2) is 5.76 Å². The fourth-order valence-electron chi connectivity index (χ4n) is 1.92. The van der Waals surface area contributed by atoms with Gasteiger partial charge in [-0.15, -0.1) is 0 Å². The van der Waals surface area contributed by atoms with E-state index >= 15 is 0 Å². The second-order valence-corrected chi connectivity index (χ2v) is 4.49. The van der Waals surface area contributed by atoms with Crippen LogP contribution in [0.2, 0.25) is 0 Å².